The fraction of sp³-hybridized carbons (Fsp3) is 0.333. The first-order chi connectivity index (χ1) is 8.04. The van der Waals surface area contributed by atoms with Crippen LogP contribution in [0.1, 0.15) is 5.56 Å². The van der Waals surface area contributed by atoms with Crippen LogP contribution in [0, 0.1) is 5.82 Å². The molecule has 0 bridgehead atoms. The van der Waals surface area contributed by atoms with E-state index in [9.17, 15) is 14.0 Å². The molecule has 0 atom stereocenters. The van der Waals surface area contributed by atoms with Gasteiger partial charge in [-0.1, -0.05) is 12.1 Å². The van der Waals surface area contributed by atoms with Crippen molar-refractivity contribution in [3.8, 4) is 0 Å². The van der Waals surface area contributed by atoms with Gasteiger partial charge in [-0.25, -0.2) is 9.18 Å². The number of halogens is 1. The van der Waals surface area contributed by atoms with Crippen LogP contribution in [0.15, 0.2) is 24.3 Å². The van der Waals surface area contributed by atoms with Crippen molar-refractivity contribution in [2.45, 2.75) is 6.42 Å². The number of carbonyl (C=O) groups is 2. The molecule has 0 spiro atoms. The summed E-state index contributed by atoms with van der Waals surface area (Å²) in [6.45, 7) is 0.375. The molecule has 0 aliphatic carbocycles. The topological polar surface area (TPSA) is 46.6 Å². The standard InChI is InChI=1S/C12H14FNO3/c1-14(11(15)12(16)17-2)8-7-9-3-5-10(13)6-4-9/h3-6H,7-8H2,1-2H3. The fourth-order valence-corrected chi connectivity index (χ4v) is 1.29. The molecule has 0 N–H and O–H groups in total. The lowest BCUT2D eigenvalue weighted by Gasteiger charge is -2.15. The number of rotatable bonds is 3. The molecule has 0 heterocycles. The summed E-state index contributed by atoms with van der Waals surface area (Å²) in [5.41, 5.74) is 0.899. The lowest BCUT2D eigenvalue weighted by atomic mass is 10.1. The number of nitrogens with zero attached hydrogens (tertiary/aromatic N) is 1. The van der Waals surface area contributed by atoms with Crippen molar-refractivity contribution in [1.29, 1.82) is 0 Å². The molecular weight excluding hydrogens is 225 g/mol. The van der Waals surface area contributed by atoms with Crippen LogP contribution in [0.5, 0.6) is 0 Å². The number of likely N-dealkylation sites (N-methyl/N-ethyl adjacent to an activating group) is 1. The molecule has 0 aromatic heterocycles. The quantitative estimate of drug-likeness (QED) is 0.584. The number of amides is 1. The van der Waals surface area contributed by atoms with Crippen LogP contribution in [0.2, 0.25) is 0 Å². The molecular formula is C12H14FNO3. The second-order valence-corrected chi connectivity index (χ2v) is 3.59. The zero-order valence-corrected chi connectivity index (χ0v) is 9.77. The maximum atomic E-state index is 12.6. The van der Waals surface area contributed by atoms with Crippen molar-refractivity contribution in [3.05, 3.63) is 35.6 Å². The van der Waals surface area contributed by atoms with E-state index < -0.39 is 11.9 Å². The van der Waals surface area contributed by atoms with E-state index in [0.29, 0.717) is 13.0 Å². The van der Waals surface area contributed by atoms with Crippen LogP contribution in [-0.4, -0.2) is 37.5 Å². The molecule has 92 valence electrons. The number of esters is 1. The van der Waals surface area contributed by atoms with Crippen LogP contribution in [0.25, 0.3) is 0 Å². The van der Waals surface area contributed by atoms with Crippen molar-refractivity contribution in [3.63, 3.8) is 0 Å². The van der Waals surface area contributed by atoms with Gasteiger partial charge in [0.2, 0.25) is 0 Å². The van der Waals surface area contributed by atoms with Gasteiger partial charge in [-0.05, 0) is 24.1 Å². The molecule has 0 fully saturated rings. The van der Waals surface area contributed by atoms with Crippen LogP contribution in [0.3, 0.4) is 0 Å². The first kappa shape index (κ1) is 13.2. The second-order valence-electron chi connectivity index (χ2n) is 3.59. The first-order valence-corrected chi connectivity index (χ1v) is 5.12. The average Bonchev–Trinajstić information content (AvgIpc) is 2.35. The number of hydrogen-bond acceptors (Lipinski definition) is 3. The monoisotopic (exact) mass is 239 g/mol. The van der Waals surface area contributed by atoms with Gasteiger partial charge in [0.15, 0.2) is 0 Å². The Hall–Kier alpha value is -1.91. The van der Waals surface area contributed by atoms with Crippen LogP contribution in [0.4, 0.5) is 4.39 Å². The predicted octanol–water partition coefficient (Wildman–Crippen LogP) is 1.000. The highest BCUT2D eigenvalue weighted by Crippen LogP contribution is 2.04. The zero-order chi connectivity index (χ0) is 12.8. The molecule has 5 heteroatoms. The molecule has 1 aromatic carbocycles. The Bertz CT molecular complexity index is 403. The van der Waals surface area contributed by atoms with E-state index in [2.05, 4.69) is 4.74 Å². The minimum Gasteiger partial charge on any atom is -0.462 e. The van der Waals surface area contributed by atoms with Gasteiger partial charge in [0.1, 0.15) is 5.82 Å². The van der Waals surface area contributed by atoms with Gasteiger partial charge in [0.25, 0.3) is 0 Å². The summed E-state index contributed by atoms with van der Waals surface area (Å²) in [6, 6.07) is 6.01. The van der Waals surface area contributed by atoms with Gasteiger partial charge >= 0.3 is 11.9 Å². The van der Waals surface area contributed by atoms with Crippen molar-refractivity contribution < 1.29 is 18.7 Å². The molecule has 4 nitrogen and oxygen atoms in total. The Labute approximate surface area is 99.0 Å². The Morgan fingerprint density at radius 3 is 2.41 bits per heavy atom. The summed E-state index contributed by atoms with van der Waals surface area (Å²) in [4.78, 5) is 23.6. The second kappa shape index (κ2) is 5.98. The summed E-state index contributed by atoms with van der Waals surface area (Å²) >= 11 is 0. The first-order valence-electron chi connectivity index (χ1n) is 5.12. The third-order valence-corrected chi connectivity index (χ3v) is 2.36. The fourth-order valence-electron chi connectivity index (χ4n) is 1.29. The summed E-state index contributed by atoms with van der Waals surface area (Å²) in [5, 5.41) is 0. The largest absolute Gasteiger partial charge is 0.462 e. The molecule has 1 aromatic rings. The summed E-state index contributed by atoms with van der Waals surface area (Å²) in [7, 11) is 2.68. The zero-order valence-electron chi connectivity index (χ0n) is 9.77. The Balaban J connectivity index is 2.48. The smallest absolute Gasteiger partial charge is 0.396 e. The maximum Gasteiger partial charge on any atom is 0.396 e. The lowest BCUT2D eigenvalue weighted by Crippen LogP contribution is -2.35. The highest BCUT2D eigenvalue weighted by Gasteiger charge is 2.18. The summed E-state index contributed by atoms with van der Waals surface area (Å²) < 4.78 is 17.0. The molecule has 0 radical (unpaired) electrons. The number of benzene rings is 1. The van der Waals surface area contributed by atoms with Crippen LogP contribution >= 0.6 is 0 Å². The van der Waals surface area contributed by atoms with Gasteiger partial charge in [-0.2, -0.15) is 0 Å². The van der Waals surface area contributed by atoms with Gasteiger partial charge < -0.3 is 9.64 Å². The van der Waals surface area contributed by atoms with E-state index in [-0.39, 0.29) is 5.82 Å². The van der Waals surface area contributed by atoms with Gasteiger partial charge in [0.05, 0.1) is 7.11 Å². The van der Waals surface area contributed by atoms with Gasteiger partial charge in [-0.3, -0.25) is 4.79 Å². The van der Waals surface area contributed by atoms with Crippen molar-refractivity contribution in [2.75, 3.05) is 20.7 Å². The summed E-state index contributed by atoms with van der Waals surface area (Å²) in [6.07, 6.45) is 0.555. The molecule has 0 aliphatic rings. The van der Waals surface area contributed by atoms with Crippen molar-refractivity contribution in [2.24, 2.45) is 0 Å². The molecule has 0 unspecified atom stereocenters. The minimum absolute atomic E-state index is 0.298. The van der Waals surface area contributed by atoms with E-state index in [4.69, 9.17) is 0 Å². The molecule has 0 saturated heterocycles. The van der Waals surface area contributed by atoms with Crippen LogP contribution in [-0.2, 0) is 20.7 Å². The Morgan fingerprint density at radius 2 is 1.88 bits per heavy atom. The van der Waals surface area contributed by atoms with Crippen molar-refractivity contribution in [1.82, 2.24) is 4.90 Å². The third kappa shape index (κ3) is 3.86. The minimum atomic E-state index is -0.883. The molecule has 17 heavy (non-hydrogen) atoms. The number of hydrogen-bond donors (Lipinski definition) is 0. The maximum absolute atomic E-state index is 12.6. The third-order valence-electron chi connectivity index (χ3n) is 2.36. The lowest BCUT2D eigenvalue weighted by molar-refractivity contribution is -0.157. The summed E-state index contributed by atoms with van der Waals surface area (Å²) in [5.74, 6) is -1.87. The van der Waals surface area contributed by atoms with Crippen molar-refractivity contribution >= 4 is 11.9 Å². The average molecular weight is 239 g/mol. The van der Waals surface area contributed by atoms with E-state index in [1.165, 1.54) is 24.1 Å². The SMILES string of the molecule is COC(=O)C(=O)N(C)CCc1ccc(F)cc1. The van der Waals surface area contributed by atoms with E-state index >= 15 is 0 Å². The predicted molar refractivity (Wildman–Crippen MR) is 59.8 cm³/mol. The Kier molecular flexibility index (Phi) is 4.63. The van der Waals surface area contributed by atoms with Gasteiger partial charge in [-0.15, -0.1) is 0 Å². The van der Waals surface area contributed by atoms with Crippen LogP contribution < -0.4 is 0 Å². The normalized spacial score (nSPS) is 9.82. The van der Waals surface area contributed by atoms with E-state index in [0.717, 1.165) is 12.7 Å². The Morgan fingerprint density at radius 1 is 1.29 bits per heavy atom. The highest BCUT2D eigenvalue weighted by atomic mass is 19.1. The highest BCUT2D eigenvalue weighted by molar-refractivity contribution is 6.32. The molecule has 0 aliphatic heterocycles. The molecule has 1 rings (SSSR count). The van der Waals surface area contributed by atoms with E-state index in [1.54, 1.807) is 12.1 Å². The number of carbonyl (C=O) groups excluding carboxylic acids is 2. The van der Waals surface area contributed by atoms with Gasteiger partial charge in [0, 0.05) is 13.6 Å². The molecule has 0 saturated carbocycles. The number of methoxy groups -OCH3 is 1. The van der Waals surface area contributed by atoms with E-state index in [1.807, 2.05) is 0 Å². The molecule has 1 amide bonds. The number of ether oxygens (including phenoxy) is 1.